The van der Waals surface area contributed by atoms with Crippen molar-refractivity contribution in [1.82, 2.24) is 9.78 Å². The first-order valence-electron chi connectivity index (χ1n) is 9.87. The fourth-order valence-electron chi connectivity index (χ4n) is 3.48. The van der Waals surface area contributed by atoms with Crippen molar-refractivity contribution in [3.05, 3.63) is 88.3 Å². The summed E-state index contributed by atoms with van der Waals surface area (Å²) < 4.78 is 7.29. The second-order valence-electron chi connectivity index (χ2n) is 7.21. The van der Waals surface area contributed by atoms with Crippen LogP contribution in [0.25, 0.3) is 0 Å². The lowest BCUT2D eigenvalue weighted by Crippen LogP contribution is -2.26. The molecule has 0 atom stereocenters. The molecule has 2 aromatic carbocycles. The van der Waals surface area contributed by atoms with Crippen molar-refractivity contribution in [3.8, 4) is 5.75 Å². The zero-order valence-corrected chi connectivity index (χ0v) is 16.1. The molecule has 1 aromatic heterocycles. The Bertz CT molecular complexity index is 1040. The molecule has 148 valence electrons. The molecule has 0 radical (unpaired) electrons. The summed E-state index contributed by atoms with van der Waals surface area (Å²) in [4.78, 5) is 24.8. The molecule has 4 rings (SSSR count). The Hall–Kier alpha value is -3.41. The van der Waals surface area contributed by atoms with Gasteiger partial charge in [-0.2, -0.15) is 5.10 Å². The Morgan fingerprint density at radius 3 is 2.62 bits per heavy atom. The van der Waals surface area contributed by atoms with Gasteiger partial charge >= 0.3 is 0 Å². The monoisotopic (exact) mass is 389 g/mol. The predicted molar refractivity (Wildman–Crippen MR) is 111 cm³/mol. The molecular formula is C23H23N3O3. The third kappa shape index (κ3) is 4.90. The summed E-state index contributed by atoms with van der Waals surface area (Å²) in [5, 5.41) is 7.07. The molecule has 1 heterocycles. The van der Waals surface area contributed by atoms with Crippen LogP contribution in [0.1, 0.15) is 41.7 Å². The summed E-state index contributed by atoms with van der Waals surface area (Å²) in [6.45, 7) is 0.311. The van der Waals surface area contributed by atoms with Crippen LogP contribution in [0.5, 0.6) is 5.75 Å². The number of carbonyl (C=O) groups is 1. The lowest BCUT2D eigenvalue weighted by Gasteiger charge is -2.14. The molecule has 1 amide bonds. The molecular weight excluding hydrogens is 366 g/mol. The highest BCUT2D eigenvalue weighted by molar-refractivity contribution is 6.02. The molecule has 1 N–H and O–H groups in total. The maximum atomic E-state index is 12.7. The van der Waals surface area contributed by atoms with Gasteiger partial charge in [-0.3, -0.25) is 9.59 Å². The van der Waals surface area contributed by atoms with Gasteiger partial charge in [0.1, 0.15) is 11.4 Å². The van der Waals surface area contributed by atoms with E-state index in [1.807, 2.05) is 48.5 Å². The maximum Gasteiger partial charge on any atom is 0.276 e. The van der Waals surface area contributed by atoms with Gasteiger partial charge in [-0.05, 0) is 49.4 Å². The molecule has 6 heteroatoms. The number of carbonyl (C=O) groups excluding carboxylic acids is 1. The highest BCUT2D eigenvalue weighted by Gasteiger charge is 2.17. The number of rotatable bonds is 6. The zero-order valence-electron chi connectivity index (χ0n) is 16.1. The maximum absolute atomic E-state index is 12.7. The molecule has 1 aliphatic carbocycles. The van der Waals surface area contributed by atoms with Crippen LogP contribution in [-0.2, 0) is 6.54 Å². The summed E-state index contributed by atoms with van der Waals surface area (Å²) in [6, 6.07) is 19.7. The molecule has 0 saturated heterocycles. The standard InChI is InChI=1S/C23H23N3O3/c27-22-14-13-21(25-26(22)16-17-7-2-1-3-8-17)23(28)24-18-9-6-12-20(15-18)29-19-10-4-5-11-19/h1-3,6-9,12-15,19H,4-5,10-11,16H2,(H,24,28). The normalized spacial score (nSPS) is 13.9. The summed E-state index contributed by atoms with van der Waals surface area (Å²) >= 11 is 0. The molecule has 0 aliphatic heterocycles. The van der Waals surface area contributed by atoms with Crippen molar-refractivity contribution < 1.29 is 9.53 Å². The van der Waals surface area contributed by atoms with E-state index < -0.39 is 0 Å². The van der Waals surface area contributed by atoms with Crippen molar-refractivity contribution in [3.63, 3.8) is 0 Å². The van der Waals surface area contributed by atoms with E-state index in [2.05, 4.69) is 10.4 Å². The smallest absolute Gasteiger partial charge is 0.276 e. The number of aromatic nitrogens is 2. The van der Waals surface area contributed by atoms with Crippen LogP contribution >= 0.6 is 0 Å². The number of hydrogen-bond donors (Lipinski definition) is 1. The topological polar surface area (TPSA) is 73.2 Å². The van der Waals surface area contributed by atoms with Gasteiger partial charge in [0.2, 0.25) is 0 Å². The summed E-state index contributed by atoms with van der Waals surface area (Å²) in [7, 11) is 0. The van der Waals surface area contributed by atoms with E-state index in [4.69, 9.17) is 4.74 Å². The van der Waals surface area contributed by atoms with Gasteiger partial charge in [0.05, 0.1) is 12.6 Å². The van der Waals surface area contributed by atoms with Crippen molar-refractivity contribution in [2.24, 2.45) is 0 Å². The molecule has 1 saturated carbocycles. The van der Waals surface area contributed by atoms with E-state index in [1.165, 1.54) is 29.7 Å². The Balaban J connectivity index is 1.47. The van der Waals surface area contributed by atoms with E-state index in [0.717, 1.165) is 24.2 Å². The van der Waals surface area contributed by atoms with Crippen molar-refractivity contribution in [2.75, 3.05) is 5.32 Å². The average molecular weight is 389 g/mol. The van der Waals surface area contributed by atoms with Gasteiger partial charge in [-0.1, -0.05) is 36.4 Å². The quantitative estimate of drug-likeness (QED) is 0.695. The van der Waals surface area contributed by atoms with Gasteiger partial charge in [0.25, 0.3) is 11.5 Å². The third-order valence-corrected chi connectivity index (χ3v) is 4.97. The number of nitrogens with one attached hydrogen (secondary N) is 1. The first kappa shape index (κ1) is 18.9. The molecule has 3 aromatic rings. The predicted octanol–water partition coefficient (Wildman–Crippen LogP) is 3.87. The van der Waals surface area contributed by atoms with E-state index in [-0.39, 0.29) is 23.3 Å². The Morgan fingerprint density at radius 1 is 1.03 bits per heavy atom. The van der Waals surface area contributed by atoms with Crippen molar-refractivity contribution in [2.45, 2.75) is 38.3 Å². The summed E-state index contributed by atoms with van der Waals surface area (Å²) in [5.41, 5.74) is 1.50. The Labute approximate surface area is 169 Å². The average Bonchev–Trinajstić information content (AvgIpc) is 3.24. The minimum absolute atomic E-state index is 0.183. The highest BCUT2D eigenvalue weighted by Crippen LogP contribution is 2.25. The first-order chi connectivity index (χ1) is 14.2. The molecule has 29 heavy (non-hydrogen) atoms. The van der Waals surface area contributed by atoms with E-state index in [1.54, 1.807) is 6.07 Å². The fourth-order valence-corrected chi connectivity index (χ4v) is 3.48. The number of benzene rings is 2. The third-order valence-electron chi connectivity index (χ3n) is 4.97. The van der Waals surface area contributed by atoms with E-state index in [0.29, 0.717) is 12.2 Å². The summed E-state index contributed by atoms with van der Waals surface area (Å²) in [5.74, 6) is 0.376. The zero-order chi connectivity index (χ0) is 20.1. The number of hydrogen-bond acceptors (Lipinski definition) is 4. The molecule has 0 unspecified atom stereocenters. The van der Waals surface area contributed by atoms with Gasteiger partial charge in [-0.15, -0.1) is 0 Å². The molecule has 6 nitrogen and oxygen atoms in total. The molecule has 0 bridgehead atoms. The lowest BCUT2D eigenvalue weighted by molar-refractivity contribution is 0.102. The molecule has 0 spiro atoms. The van der Waals surface area contributed by atoms with Crippen LogP contribution in [0, 0.1) is 0 Å². The number of ether oxygens (including phenoxy) is 1. The van der Waals surface area contributed by atoms with Crippen molar-refractivity contribution >= 4 is 11.6 Å². The molecule has 1 fully saturated rings. The minimum atomic E-state index is -0.371. The minimum Gasteiger partial charge on any atom is -0.490 e. The van der Waals surface area contributed by atoms with Crippen LogP contribution in [0.4, 0.5) is 5.69 Å². The Kier molecular flexibility index (Phi) is 5.70. The van der Waals surface area contributed by atoms with Gasteiger partial charge in [-0.25, -0.2) is 4.68 Å². The van der Waals surface area contributed by atoms with Gasteiger partial charge in [0.15, 0.2) is 0 Å². The van der Waals surface area contributed by atoms with Crippen LogP contribution in [-0.4, -0.2) is 21.8 Å². The van der Waals surface area contributed by atoms with Crippen LogP contribution < -0.4 is 15.6 Å². The fraction of sp³-hybridized carbons (Fsp3) is 0.261. The second kappa shape index (κ2) is 8.73. The van der Waals surface area contributed by atoms with E-state index in [9.17, 15) is 9.59 Å². The van der Waals surface area contributed by atoms with Crippen LogP contribution in [0.15, 0.2) is 71.5 Å². The SMILES string of the molecule is O=C(Nc1cccc(OC2CCCC2)c1)c1ccc(=O)n(Cc2ccccc2)n1. The van der Waals surface area contributed by atoms with Crippen LogP contribution in [0.2, 0.25) is 0 Å². The summed E-state index contributed by atoms with van der Waals surface area (Å²) in [6.07, 6.45) is 4.80. The van der Waals surface area contributed by atoms with Gasteiger partial charge < -0.3 is 10.1 Å². The lowest BCUT2D eigenvalue weighted by atomic mass is 10.2. The van der Waals surface area contributed by atoms with Crippen LogP contribution in [0.3, 0.4) is 0 Å². The second-order valence-corrected chi connectivity index (χ2v) is 7.21. The largest absolute Gasteiger partial charge is 0.490 e. The number of nitrogens with zero attached hydrogens (tertiary/aromatic N) is 2. The highest BCUT2D eigenvalue weighted by atomic mass is 16.5. The van der Waals surface area contributed by atoms with Gasteiger partial charge in [0, 0.05) is 17.8 Å². The number of amides is 1. The Morgan fingerprint density at radius 2 is 1.83 bits per heavy atom. The van der Waals surface area contributed by atoms with Crippen molar-refractivity contribution in [1.29, 1.82) is 0 Å². The molecule has 1 aliphatic rings. The number of anilines is 1. The first-order valence-corrected chi connectivity index (χ1v) is 9.87. The van der Waals surface area contributed by atoms with E-state index >= 15 is 0 Å².